The molecular formula is C15H18N2O. The molecule has 94 valence electrons. The molecule has 3 heteroatoms. The van der Waals surface area contributed by atoms with Crippen LogP contribution >= 0.6 is 0 Å². The Morgan fingerprint density at radius 1 is 1.22 bits per heavy atom. The Hall–Kier alpha value is -1.87. The van der Waals surface area contributed by atoms with Crippen molar-refractivity contribution in [3.05, 3.63) is 53.2 Å². The van der Waals surface area contributed by atoms with Crippen LogP contribution in [0.15, 0.2) is 36.5 Å². The number of aromatic nitrogens is 1. The average Bonchev–Trinajstić information content (AvgIpc) is 2.33. The third-order valence-corrected chi connectivity index (χ3v) is 2.83. The van der Waals surface area contributed by atoms with Crippen molar-refractivity contribution in [3.63, 3.8) is 0 Å². The lowest BCUT2D eigenvalue weighted by Crippen LogP contribution is -2.07. The Morgan fingerprint density at radius 2 is 2.00 bits per heavy atom. The minimum atomic E-state index is -0.0977. The molecule has 0 aliphatic heterocycles. The van der Waals surface area contributed by atoms with Gasteiger partial charge in [0.15, 0.2) is 0 Å². The summed E-state index contributed by atoms with van der Waals surface area (Å²) in [5.41, 5.74) is 9.13. The zero-order valence-electron chi connectivity index (χ0n) is 11.0. The molecule has 0 amide bonds. The first-order valence-electron chi connectivity index (χ1n) is 6.03. The molecule has 0 spiro atoms. The molecule has 3 nitrogen and oxygen atoms in total. The lowest BCUT2D eigenvalue weighted by Gasteiger charge is -2.13. The highest BCUT2D eigenvalue weighted by atomic mass is 16.5. The van der Waals surface area contributed by atoms with E-state index in [9.17, 15) is 0 Å². The van der Waals surface area contributed by atoms with Gasteiger partial charge in [0.2, 0.25) is 5.88 Å². The van der Waals surface area contributed by atoms with E-state index in [1.165, 1.54) is 5.56 Å². The summed E-state index contributed by atoms with van der Waals surface area (Å²) < 4.78 is 5.87. The Labute approximate surface area is 108 Å². The van der Waals surface area contributed by atoms with Crippen LogP contribution in [0.25, 0.3) is 0 Å². The minimum absolute atomic E-state index is 0.0977. The van der Waals surface area contributed by atoms with Gasteiger partial charge in [-0.05, 0) is 38.5 Å². The van der Waals surface area contributed by atoms with Crippen molar-refractivity contribution in [1.82, 2.24) is 4.98 Å². The molecule has 18 heavy (non-hydrogen) atoms. The molecule has 0 radical (unpaired) electrons. The number of hydrogen-bond acceptors (Lipinski definition) is 3. The van der Waals surface area contributed by atoms with Gasteiger partial charge < -0.3 is 10.5 Å². The van der Waals surface area contributed by atoms with E-state index in [1.807, 2.05) is 38.1 Å². The van der Waals surface area contributed by atoms with Crippen LogP contribution in [0, 0.1) is 13.8 Å². The second kappa shape index (κ2) is 5.19. The molecule has 0 saturated heterocycles. The third kappa shape index (κ3) is 2.68. The molecular weight excluding hydrogens is 224 g/mol. The van der Waals surface area contributed by atoms with Crippen molar-refractivity contribution in [2.24, 2.45) is 5.73 Å². The Balaban J connectivity index is 2.34. The van der Waals surface area contributed by atoms with Gasteiger partial charge >= 0.3 is 0 Å². The number of rotatable bonds is 3. The standard InChI is InChI=1S/C15H18N2O/c1-10-6-7-14(11(2)9-10)18-15-13(12(3)16)5-4-8-17-15/h4-9,12H,16H2,1-3H3/t12-/m0/s1. The lowest BCUT2D eigenvalue weighted by atomic mass is 10.1. The molecule has 1 heterocycles. The van der Waals surface area contributed by atoms with Crippen LogP contribution in [-0.4, -0.2) is 4.98 Å². The predicted octanol–water partition coefficient (Wildman–Crippen LogP) is 3.51. The highest BCUT2D eigenvalue weighted by Gasteiger charge is 2.10. The van der Waals surface area contributed by atoms with Crippen LogP contribution in [0.5, 0.6) is 11.6 Å². The van der Waals surface area contributed by atoms with Crippen LogP contribution in [0.2, 0.25) is 0 Å². The molecule has 0 unspecified atom stereocenters. The van der Waals surface area contributed by atoms with Crippen molar-refractivity contribution in [2.45, 2.75) is 26.8 Å². The van der Waals surface area contributed by atoms with E-state index in [0.717, 1.165) is 16.9 Å². The molecule has 1 atom stereocenters. The second-order valence-corrected chi connectivity index (χ2v) is 4.56. The van der Waals surface area contributed by atoms with Gasteiger partial charge in [-0.25, -0.2) is 4.98 Å². The fourth-order valence-electron chi connectivity index (χ4n) is 1.85. The van der Waals surface area contributed by atoms with E-state index in [2.05, 4.69) is 18.0 Å². The Morgan fingerprint density at radius 3 is 2.67 bits per heavy atom. The van der Waals surface area contributed by atoms with Gasteiger partial charge in [-0.15, -0.1) is 0 Å². The van der Waals surface area contributed by atoms with Crippen molar-refractivity contribution >= 4 is 0 Å². The van der Waals surface area contributed by atoms with Crippen LogP contribution < -0.4 is 10.5 Å². The van der Waals surface area contributed by atoms with E-state index in [4.69, 9.17) is 10.5 Å². The fourth-order valence-corrected chi connectivity index (χ4v) is 1.85. The van der Waals surface area contributed by atoms with Crippen molar-refractivity contribution < 1.29 is 4.74 Å². The number of nitrogens with two attached hydrogens (primary N) is 1. The number of hydrogen-bond donors (Lipinski definition) is 1. The molecule has 0 aliphatic rings. The van der Waals surface area contributed by atoms with E-state index in [1.54, 1.807) is 6.20 Å². The van der Waals surface area contributed by atoms with Crippen LogP contribution in [0.3, 0.4) is 0 Å². The Kier molecular flexibility index (Phi) is 3.63. The monoisotopic (exact) mass is 242 g/mol. The number of aryl methyl sites for hydroxylation is 2. The summed E-state index contributed by atoms with van der Waals surface area (Å²) >= 11 is 0. The lowest BCUT2D eigenvalue weighted by molar-refractivity contribution is 0.449. The van der Waals surface area contributed by atoms with Crippen molar-refractivity contribution in [1.29, 1.82) is 0 Å². The van der Waals surface area contributed by atoms with Gasteiger partial charge in [-0.2, -0.15) is 0 Å². The zero-order chi connectivity index (χ0) is 13.1. The number of pyridine rings is 1. The SMILES string of the molecule is Cc1ccc(Oc2ncccc2[C@H](C)N)c(C)c1. The number of benzene rings is 1. The third-order valence-electron chi connectivity index (χ3n) is 2.83. The van der Waals surface area contributed by atoms with Crippen molar-refractivity contribution in [3.8, 4) is 11.6 Å². The van der Waals surface area contributed by atoms with Gasteiger partial charge in [0.25, 0.3) is 0 Å². The molecule has 0 aliphatic carbocycles. The quantitative estimate of drug-likeness (QED) is 0.896. The molecule has 0 fully saturated rings. The number of ether oxygens (including phenoxy) is 1. The van der Waals surface area contributed by atoms with E-state index in [0.29, 0.717) is 5.88 Å². The maximum Gasteiger partial charge on any atom is 0.223 e. The minimum Gasteiger partial charge on any atom is -0.438 e. The van der Waals surface area contributed by atoms with Crippen LogP contribution in [0.4, 0.5) is 0 Å². The summed E-state index contributed by atoms with van der Waals surface area (Å²) in [7, 11) is 0. The maximum atomic E-state index is 5.91. The Bertz CT molecular complexity index is 550. The van der Waals surface area contributed by atoms with Gasteiger partial charge in [0, 0.05) is 17.8 Å². The van der Waals surface area contributed by atoms with E-state index in [-0.39, 0.29) is 6.04 Å². The first-order valence-corrected chi connectivity index (χ1v) is 6.03. The summed E-state index contributed by atoms with van der Waals surface area (Å²) in [6.45, 7) is 6.01. The summed E-state index contributed by atoms with van der Waals surface area (Å²) in [4.78, 5) is 4.26. The highest BCUT2D eigenvalue weighted by Crippen LogP contribution is 2.28. The first kappa shape index (κ1) is 12.6. The van der Waals surface area contributed by atoms with Gasteiger partial charge in [-0.3, -0.25) is 0 Å². The van der Waals surface area contributed by atoms with Gasteiger partial charge in [0.1, 0.15) is 5.75 Å². The summed E-state index contributed by atoms with van der Waals surface area (Å²) in [6, 6.07) is 9.79. The molecule has 2 rings (SSSR count). The first-order chi connectivity index (χ1) is 8.58. The van der Waals surface area contributed by atoms with Gasteiger partial charge in [-0.1, -0.05) is 23.8 Å². The summed E-state index contributed by atoms with van der Waals surface area (Å²) in [6.07, 6.45) is 1.71. The molecule has 0 saturated carbocycles. The average molecular weight is 242 g/mol. The van der Waals surface area contributed by atoms with Crippen molar-refractivity contribution in [2.75, 3.05) is 0 Å². The zero-order valence-corrected chi connectivity index (χ0v) is 11.0. The smallest absolute Gasteiger partial charge is 0.223 e. The summed E-state index contributed by atoms with van der Waals surface area (Å²) in [5.74, 6) is 1.40. The topological polar surface area (TPSA) is 48.1 Å². The molecule has 0 bridgehead atoms. The number of nitrogens with zero attached hydrogens (tertiary/aromatic N) is 1. The molecule has 1 aromatic carbocycles. The van der Waals surface area contributed by atoms with E-state index >= 15 is 0 Å². The highest BCUT2D eigenvalue weighted by molar-refractivity contribution is 5.40. The molecule has 1 aromatic heterocycles. The second-order valence-electron chi connectivity index (χ2n) is 4.56. The summed E-state index contributed by atoms with van der Waals surface area (Å²) in [5, 5.41) is 0. The van der Waals surface area contributed by atoms with Gasteiger partial charge in [0.05, 0.1) is 0 Å². The normalized spacial score (nSPS) is 12.2. The fraction of sp³-hybridized carbons (Fsp3) is 0.267. The van der Waals surface area contributed by atoms with Crippen LogP contribution in [0.1, 0.15) is 29.7 Å². The maximum absolute atomic E-state index is 5.91. The molecule has 2 N–H and O–H groups in total. The molecule has 2 aromatic rings. The largest absolute Gasteiger partial charge is 0.438 e. The predicted molar refractivity (Wildman–Crippen MR) is 72.8 cm³/mol. The van der Waals surface area contributed by atoms with Crippen LogP contribution in [-0.2, 0) is 0 Å². The van der Waals surface area contributed by atoms with E-state index < -0.39 is 0 Å².